The van der Waals surface area contributed by atoms with Gasteiger partial charge >= 0.3 is 12.3 Å². The number of hydrogen-bond donors (Lipinski definition) is 1. The third kappa shape index (κ3) is 5.95. The molecule has 0 bridgehead atoms. The van der Waals surface area contributed by atoms with Crippen molar-refractivity contribution in [1.29, 1.82) is 0 Å². The maximum atomic E-state index is 13.2. The summed E-state index contributed by atoms with van der Waals surface area (Å²) >= 11 is 0. The number of methoxy groups -OCH3 is 1. The largest absolute Gasteiger partial charge is 0.573 e. The molecule has 3 aromatic rings. The van der Waals surface area contributed by atoms with E-state index in [1.165, 1.54) is 19.2 Å². The average Bonchev–Trinajstić information content (AvgIpc) is 3.46. The molecule has 1 fully saturated rings. The first-order valence-electron chi connectivity index (χ1n) is 13.9. The highest BCUT2D eigenvalue weighted by Gasteiger charge is 2.49. The van der Waals surface area contributed by atoms with Gasteiger partial charge in [0, 0.05) is 43.9 Å². The average molecular weight is 602 g/mol. The fourth-order valence-corrected chi connectivity index (χ4v) is 5.91. The molecule has 3 heterocycles. The van der Waals surface area contributed by atoms with Crippen molar-refractivity contribution < 1.29 is 41.7 Å². The van der Waals surface area contributed by atoms with Gasteiger partial charge < -0.3 is 34.1 Å². The Labute approximate surface area is 246 Å². The molecular formula is C31H34F3N3O6. The summed E-state index contributed by atoms with van der Waals surface area (Å²) in [6, 6.07) is 8.72. The molecule has 0 aliphatic carbocycles. The second-order valence-corrected chi connectivity index (χ2v) is 11.8. The molecule has 0 radical (unpaired) electrons. The maximum absolute atomic E-state index is 13.2. The fraction of sp³-hybridized carbons (Fsp3) is 0.452. The van der Waals surface area contributed by atoms with Crippen molar-refractivity contribution in [3.8, 4) is 11.5 Å². The van der Waals surface area contributed by atoms with Gasteiger partial charge in [0.1, 0.15) is 17.4 Å². The molecule has 43 heavy (non-hydrogen) atoms. The number of benzene rings is 2. The lowest BCUT2D eigenvalue weighted by Crippen LogP contribution is -2.43. The number of nitrogens with zero attached hydrogens (tertiary/aromatic N) is 2. The normalized spacial score (nSPS) is 17.0. The van der Waals surface area contributed by atoms with Gasteiger partial charge in [0.25, 0.3) is 0 Å². The Morgan fingerprint density at radius 1 is 1.16 bits per heavy atom. The number of nitrogens with two attached hydrogens (primary N) is 1. The van der Waals surface area contributed by atoms with Crippen LogP contribution < -0.4 is 20.1 Å². The molecule has 1 aromatic heterocycles. The topological polar surface area (TPSA) is 105 Å². The van der Waals surface area contributed by atoms with Crippen molar-refractivity contribution in [2.75, 3.05) is 31.7 Å². The number of rotatable bonds is 7. The Morgan fingerprint density at radius 2 is 1.88 bits per heavy atom. The number of halogens is 3. The van der Waals surface area contributed by atoms with Crippen molar-refractivity contribution in [3.63, 3.8) is 0 Å². The predicted octanol–water partition coefficient (Wildman–Crippen LogP) is 5.17. The second kappa shape index (κ2) is 11.3. The first-order valence-corrected chi connectivity index (χ1v) is 13.9. The molecular weight excluding hydrogens is 567 g/mol. The minimum absolute atomic E-state index is 0.161. The molecule has 0 saturated carbocycles. The maximum Gasteiger partial charge on any atom is 0.573 e. The molecule has 12 heteroatoms. The number of allylic oxidation sites excluding steroid dienone is 1. The molecule has 2 aliphatic heterocycles. The van der Waals surface area contributed by atoms with E-state index in [4.69, 9.17) is 19.9 Å². The van der Waals surface area contributed by atoms with Crippen LogP contribution in [0.5, 0.6) is 11.5 Å². The Kier molecular flexibility index (Phi) is 7.98. The van der Waals surface area contributed by atoms with Crippen LogP contribution in [-0.4, -0.2) is 55.2 Å². The number of fused-ring (bicyclic) bond motifs is 3. The standard InChI is InChI=1S/C31H34F3N3O6/c1-29(2,3)43-28(39)26(35)19-8-9-23-21(16-19)30(25(18-38)41-23)10-12-36(13-11-30)22-17-37(14-15-40-4)27-20(22)6-5-7-24(27)42-31(32,33)34/h5-9,16-17,26H,10-15,35H2,1-4H3. The van der Waals surface area contributed by atoms with E-state index < -0.39 is 29.4 Å². The number of anilines is 1. The quantitative estimate of drug-likeness (QED) is 0.292. The molecule has 2 N–H and O–H groups in total. The molecule has 1 atom stereocenters. The number of carbonyl (C=O) groups is 1. The smallest absolute Gasteiger partial charge is 0.459 e. The number of aromatic nitrogens is 1. The number of carbonyl (C=O) groups excluding carboxylic acids is 2. The van der Waals surface area contributed by atoms with Crippen molar-refractivity contribution in [1.82, 2.24) is 4.57 Å². The highest BCUT2D eigenvalue weighted by molar-refractivity contribution is 5.97. The highest BCUT2D eigenvalue weighted by Crippen LogP contribution is 2.52. The highest BCUT2D eigenvalue weighted by atomic mass is 19.4. The number of alkyl halides is 3. The van der Waals surface area contributed by atoms with Gasteiger partial charge in [-0.05, 0) is 57.4 Å². The molecule has 230 valence electrons. The van der Waals surface area contributed by atoms with E-state index >= 15 is 0 Å². The lowest BCUT2D eigenvalue weighted by molar-refractivity contribution is -0.274. The zero-order valence-electron chi connectivity index (χ0n) is 24.4. The number of esters is 1. The Bertz CT molecular complexity index is 1580. The SMILES string of the molecule is COCCn1cc(N2CCC3(CC2)C(=C=O)Oc2ccc(C(N)C(=O)OC(C)(C)C)cc23)c2cccc(OC(F)(F)F)c21. The Morgan fingerprint density at radius 3 is 2.51 bits per heavy atom. The van der Waals surface area contributed by atoms with E-state index in [1.54, 1.807) is 55.8 Å². The summed E-state index contributed by atoms with van der Waals surface area (Å²) in [5, 5.41) is 0.605. The third-order valence-electron chi connectivity index (χ3n) is 7.84. The summed E-state index contributed by atoms with van der Waals surface area (Å²) in [6.45, 7) is 6.82. The van der Waals surface area contributed by atoms with Gasteiger partial charge in [0.05, 0.1) is 23.2 Å². The van der Waals surface area contributed by atoms with Gasteiger partial charge in [-0.3, -0.25) is 0 Å². The van der Waals surface area contributed by atoms with Crippen LogP contribution in [0.1, 0.15) is 50.8 Å². The predicted molar refractivity (Wildman–Crippen MR) is 153 cm³/mol. The van der Waals surface area contributed by atoms with Crippen LogP contribution in [-0.2, 0) is 31.0 Å². The van der Waals surface area contributed by atoms with E-state index in [1.807, 2.05) is 5.94 Å². The molecule has 0 amide bonds. The molecule has 2 aliphatic rings. The number of ether oxygens (including phenoxy) is 4. The minimum atomic E-state index is -4.85. The number of piperidine rings is 1. The lowest BCUT2D eigenvalue weighted by atomic mass is 9.72. The van der Waals surface area contributed by atoms with E-state index in [-0.39, 0.29) is 11.5 Å². The van der Waals surface area contributed by atoms with E-state index in [2.05, 4.69) is 9.64 Å². The molecule has 2 aromatic carbocycles. The monoisotopic (exact) mass is 601 g/mol. The summed E-state index contributed by atoms with van der Waals surface area (Å²) in [5.41, 5.74) is 7.09. The molecule has 1 saturated heterocycles. The van der Waals surface area contributed by atoms with Crippen LogP contribution in [0.25, 0.3) is 10.9 Å². The summed E-state index contributed by atoms with van der Waals surface area (Å²) in [5.74, 6) is 1.77. The third-order valence-corrected chi connectivity index (χ3v) is 7.84. The molecule has 9 nitrogen and oxygen atoms in total. The van der Waals surface area contributed by atoms with E-state index in [0.717, 1.165) is 11.3 Å². The molecule has 5 rings (SSSR count). The first-order chi connectivity index (χ1) is 20.3. The van der Waals surface area contributed by atoms with Gasteiger partial charge in [-0.1, -0.05) is 18.2 Å². The van der Waals surface area contributed by atoms with Gasteiger partial charge in [-0.15, -0.1) is 13.2 Å². The van der Waals surface area contributed by atoms with Crippen LogP contribution in [0.4, 0.5) is 18.9 Å². The van der Waals surface area contributed by atoms with Crippen LogP contribution in [0, 0.1) is 0 Å². The first kappa shape index (κ1) is 30.5. The van der Waals surface area contributed by atoms with Gasteiger partial charge in [-0.25, -0.2) is 9.59 Å². The number of para-hydroxylation sites is 1. The zero-order valence-corrected chi connectivity index (χ0v) is 24.4. The van der Waals surface area contributed by atoms with E-state index in [9.17, 15) is 22.8 Å². The molecule has 1 unspecified atom stereocenters. The Balaban J connectivity index is 1.46. The summed E-state index contributed by atoms with van der Waals surface area (Å²) in [7, 11) is 1.52. The summed E-state index contributed by atoms with van der Waals surface area (Å²) < 4.78 is 62.3. The van der Waals surface area contributed by atoms with Crippen molar-refractivity contribution in [3.05, 3.63) is 59.5 Å². The van der Waals surface area contributed by atoms with Gasteiger partial charge in [0.2, 0.25) is 0 Å². The van der Waals surface area contributed by atoms with Crippen LogP contribution in [0.15, 0.2) is 48.4 Å². The minimum Gasteiger partial charge on any atom is -0.459 e. The number of hydrogen-bond acceptors (Lipinski definition) is 8. The van der Waals surface area contributed by atoms with Gasteiger partial charge in [-0.2, -0.15) is 0 Å². The lowest BCUT2D eigenvalue weighted by Gasteiger charge is -2.39. The summed E-state index contributed by atoms with van der Waals surface area (Å²) in [4.78, 5) is 26.9. The van der Waals surface area contributed by atoms with Crippen molar-refractivity contribution >= 4 is 28.5 Å². The fourth-order valence-electron chi connectivity index (χ4n) is 5.91. The second-order valence-electron chi connectivity index (χ2n) is 11.8. The zero-order chi connectivity index (χ0) is 31.2. The van der Waals surface area contributed by atoms with Gasteiger partial charge in [0.15, 0.2) is 17.5 Å². The van der Waals surface area contributed by atoms with Crippen LogP contribution in [0.3, 0.4) is 0 Å². The molecule has 1 spiro atoms. The van der Waals surface area contributed by atoms with Crippen LogP contribution in [0.2, 0.25) is 0 Å². The van der Waals surface area contributed by atoms with E-state index in [0.29, 0.717) is 61.3 Å². The van der Waals surface area contributed by atoms with Crippen molar-refractivity contribution in [2.24, 2.45) is 5.73 Å². The Hall–Kier alpha value is -3.99. The van der Waals surface area contributed by atoms with Crippen molar-refractivity contribution in [2.45, 2.75) is 63.6 Å². The van der Waals surface area contributed by atoms with Crippen LogP contribution >= 0.6 is 0 Å². The summed E-state index contributed by atoms with van der Waals surface area (Å²) in [6.07, 6.45) is -2.13.